The highest BCUT2D eigenvalue weighted by molar-refractivity contribution is 7.07. The summed E-state index contributed by atoms with van der Waals surface area (Å²) in [5.41, 5.74) is 8.69. The van der Waals surface area contributed by atoms with Gasteiger partial charge in [0.15, 0.2) is 0 Å². The van der Waals surface area contributed by atoms with E-state index in [2.05, 4.69) is 33.8 Å². The molecule has 0 saturated carbocycles. The summed E-state index contributed by atoms with van der Waals surface area (Å²) >= 11 is 1.66. The summed E-state index contributed by atoms with van der Waals surface area (Å²) < 4.78 is 0. The average Bonchev–Trinajstić information content (AvgIpc) is 3.20. The largest absolute Gasteiger partial charge is 0.369 e. The van der Waals surface area contributed by atoms with Gasteiger partial charge in [-0.25, -0.2) is 0 Å². The fourth-order valence-corrected chi connectivity index (χ4v) is 4.10. The topological polar surface area (TPSA) is 75.4 Å². The van der Waals surface area contributed by atoms with E-state index in [1.807, 2.05) is 17.5 Å². The average molecular weight is 386 g/mol. The molecule has 0 atom stereocenters. The molecular formula is C21H27N3O2S. The van der Waals surface area contributed by atoms with E-state index in [4.69, 9.17) is 5.73 Å². The lowest BCUT2D eigenvalue weighted by atomic mass is 9.96. The molecular weight excluding hydrogens is 358 g/mol. The highest BCUT2D eigenvalue weighted by Gasteiger charge is 2.22. The van der Waals surface area contributed by atoms with E-state index < -0.39 is 0 Å². The first-order valence-corrected chi connectivity index (χ1v) is 10.5. The van der Waals surface area contributed by atoms with Gasteiger partial charge < -0.3 is 16.0 Å². The van der Waals surface area contributed by atoms with Gasteiger partial charge in [0.1, 0.15) is 0 Å². The highest BCUT2D eigenvalue weighted by Crippen LogP contribution is 2.18. The lowest BCUT2D eigenvalue weighted by molar-refractivity contribution is -0.123. The summed E-state index contributed by atoms with van der Waals surface area (Å²) in [6, 6.07) is 10.1. The molecule has 1 aliphatic rings. The van der Waals surface area contributed by atoms with Gasteiger partial charge in [-0.1, -0.05) is 12.1 Å². The van der Waals surface area contributed by atoms with Gasteiger partial charge in [0, 0.05) is 24.6 Å². The number of carbonyl (C=O) groups is 2. The Balaban J connectivity index is 1.38. The molecule has 1 fully saturated rings. The van der Waals surface area contributed by atoms with Crippen molar-refractivity contribution in [2.45, 2.75) is 32.1 Å². The number of piperidine rings is 1. The van der Waals surface area contributed by atoms with Crippen molar-refractivity contribution in [1.29, 1.82) is 0 Å². The molecule has 5 nitrogen and oxygen atoms in total. The van der Waals surface area contributed by atoms with Crippen molar-refractivity contribution in [2.75, 3.05) is 25.0 Å². The smallest absolute Gasteiger partial charge is 0.224 e. The van der Waals surface area contributed by atoms with Crippen LogP contribution >= 0.6 is 11.3 Å². The molecule has 6 heteroatoms. The Morgan fingerprint density at radius 3 is 2.44 bits per heavy atom. The Morgan fingerprint density at radius 1 is 1.07 bits per heavy atom. The fourth-order valence-electron chi connectivity index (χ4n) is 3.40. The molecule has 1 aromatic carbocycles. The first-order chi connectivity index (χ1) is 13.1. The van der Waals surface area contributed by atoms with Crippen LogP contribution < -0.4 is 11.1 Å². The molecule has 0 aliphatic carbocycles. The number of nitrogens with one attached hydrogen (secondary N) is 1. The Labute approximate surface area is 164 Å². The Bertz CT molecular complexity index is 735. The predicted molar refractivity (Wildman–Crippen MR) is 110 cm³/mol. The molecule has 0 bridgehead atoms. The van der Waals surface area contributed by atoms with Crippen molar-refractivity contribution in [2.24, 2.45) is 11.7 Å². The number of benzene rings is 1. The number of hydrogen-bond acceptors (Lipinski definition) is 4. The van der Waals surface area contributed by atoms with Crippen molar-refractivity contribution in [3.8, 4) is 0 Å². The minimum atomic E-state index is -0.164. The third kappa shape index (κ3) is 6.19. The van der Waals surface area contributed by atoms with E-state index in [0.717, 1.165) is 51.0 Å². The van der Waals surface area contributed by atoms with Crippen LogP contribution in [0.3, 0.4) is 0 Å². The van der Waals surface area contributed by atoms with Crippen molar-refractivity contribution < 1.29 is 9.59 Å². The molecule has 1 aliphatic heterocycles. The molecule has 0 radical (unpaired) electrons. The lowest BCUT2D eigenvalue weighted by Gasteiger charge is -2.30. The molecule has 1 saturated heterocycles. The molecule has 27 heavy (non-hydrogen) atoms. The minimum absolute atomic E-state index is 0.0453. The molecule has 2 heterocycles. The third-order valence-corrected chi connectivity index (χ3v) is 5.90. The van der Waals surface area contributed by atoms with Crippen molar-refractivity contribution in [3.05, 3.63) is 52.2 Å². The molecule has 3 N–H and O–H groups in total. The van der Waals surface area contributed by atoms with Crippen LogP contribution in [0.1, 0.15) is 30.4 Å². The van der Waals surface area contributed by atoms with Crippen LogP contribution in [0.4, 0.5) is 5.69 Å². The summed E-state index contributed by atoms with van der Waals surface area (Å²) in [6.07, 6.45) is 3.98. The maximum Gasteiger partial charge on any atom is 0.224 e. The quantitative estimate of drug-likeness (QED) is 0.733. The van der Waals surface area contributed by atoms with Crippen LogP contribution in [-0.2, 0) is 22.4 Å². The number of primary amides is 1. The molecule has 2 aromatic rings. The van der Waals surface area contributed by atoms with E-state index >= 15 is 0 Å². The summed E-state index contributed by atoms with van der Waals surface area (Å²) in [6.45, 7) is 2.86. The second-order valence-corrected chi connectivity index (χ2v) is 7.93. The number of anilines is 1. The van der Waals surface area contributed by atoms with Crippen LogP contribution in [-0.4, -0.2) is 36.3 Å². The third-order valence-electron chi connectivity index (χ3n) is 5.17. The number of likely N-dealkylation sites (tertiary alicyclic amines) is 1. The van der Waals surface area contributed by atoms with Crippen LogP contribution in [0.25, 0.3) is 0 Å². The number of nitrogens with two attached hydrogens (primary N) is 1. The van der Waals surface area contributed by atoms with Gasteiger partial charge in [-0.2, -0.15) is 11.3 Å². The maximum absolute atomic E-state index is 12.1. The number of carbonyl (C=O) groups excluding carboxylic acids is 2. The molecule has 0 unspecified atom stereocenters. The first kappa shape index (κ1) is 19.6. The number of hydrogen-bond donors (Lipinski definition) is 2. The van der Waals surface area contributed by atoms with E-state index in [1.54, 1.807) is 11.3 Å². The van der Waals surface area contributed by atoms with Gasteiger partial charge in [-0.15, -0.1) is 0 Å². The molecule has 144 valence electrons. The normalized spacial score (nSPS) is 15.6. The standard InChI is InChI=1S/C21H27N3O2S/c22-21(26)18-8-12-24(13-9-18)11-7-16-1-4-19(5-2-16)23-20(25)6-3-17-10-14-27-15-17/h1-2,4-5,10,14-15,18H,3,6-9,11-13H2,(H2,22,26)(H,23,25). The van der Waals surface area contributed by atoms with Crippen LogP contribution in [0.5, 0.6) is 0 Å². The number of nitrogens with zero attached hydrogens (tertiary/aromatic N) is 1. The van der Waals surface area contributed by atoms with E-state index in [0.29, 0.717) is 6.42 Å². The zero-order valence-corrected chi connectivity index (χ0v) is 16.3. The number of amides is 2. The fraction of sp³-hybridized carbons (Fsp3) is 0.429. The van der Waals surface area contributed by atoms with Crippen molar-refractivity contribution >= 4 is 28.8 Å². The summed E-state index contributed by atoms with van der Waals surface area (Å²) in [5, 5.41) is 7.08. The van der Waals surface area contributed by atoms with E-state index in [1.165, 1.54) is 11.1 Å². The van der Waals surface area contributed by atoms with Gasteiger partial charge in [0.2, 0.25) is 11.8 Å². The SMILES string of the molecule is NC(=O)C1CCN(CCc2ccc(NC(=O)CCc3ccsc3)cc2)CC1. The van der Waals surface area contributed by atoms with Gasteiger partial charge in [-0.05, 0) is 78.9 Å². The maximum atomic E-state index is 12.1. The minimum Gasteiger partial charge on any atom is -0.369 e. The summed E-state index contributed by atoms with van der Waals surface area (Å²) in [7, 11) is 0. The summed E-state index contributed by atoms with van der Waals surface area (Å²) in [5.74, 6) is -0.0715. The van der Waals surface area contributed by atoms with Crippen LogP contribution in [0.15, 0.2) is 41.1 Å². The predicted octanol–water partition coefficient (Wildman–Crippen LogP) is 3.06. The molecule has 2 amide bonds. The summed E-state index contributed by atoms with van der Waals surface area (Å²) in [4.78, 5) is 25.7. The zero-order valence-electron chi connectivity index (χ0n) is 15.5. The number of aryl methyl sites for hydroxylation is 1. The number of rotatable bonds is 8. The van der Waals surface area contributed by atoms with Gasteiger partial charge >= 0.3 is 0 Å². The van der Waals surface area contributed by atoms with E-state index in [9.17, 15) is 9.59 Å². The second kappa shape index (κ2) is 9.67. The Morgan fingerprint density at radius 2 is 1.81 bits per heavy atom. The Hall–Kier alpha value is -2.18. The van der Waals surface area contributed by atoms with Gasteiger partial charge in [0.05, 0.1) is 0 Å². The molecule has 1 aromatic heterocycles. The van der Waals surface area contributed by atoms with Crippen molar-refractivity contribution in [1.82, 2.24) is 4.90 Å². The van der Waals surface area contributed by atoms with Gasteiger partial charge in [0.25, 0.3) is 0 Å². The van der Waals surface area contributed by atoms with E-state index in [-0.39, 0.29) is 17.7 Å². The monoisotopic (exact) mass is 385 g/mol. The highest BCUT2D eigenvalue weighted by atomic mass is 32.1. The van der Waals surface area contributed by atoms with Crippen LogP contribution in [0, 0.1) is 5.92 Å². The Kier molecular flexibility index (Phi) is 7.01. The second-order valence-electron chi connectivity index (χ2n) is 7.14. The van der Waals surface area contributed by atoms with Crippen LogP contribution in [0.2, 0.25) is 0 Å². The number of thiophene rings is 1. The van der Waals surface area contributed by atoms with Crippen molar-refractivity contribution in [3.63, 3.8) is 0 Å². The zero-order chi connectivity index (χ0) is 19.1. The first-order valence-electron chi connectivity index (χ1n) is 9.51. The lowest BCUT2D eigenvalue weighted by Crippen LogP contribution is -2.39. The molecule has 3 rings (SSSR count). The van der Waals surface area contributed by atoms with Gasteiger partial charge in [-0.3, -0.25) is 9.59 Å². The molecule has 0 spiro atoms.